The van der Waals surface area contributed by atoms with Crippen LogP contribution in [0.1, 0.15) is 29.3 Å². The number of hydrogen-bond acceptors (Lipinski definition) is 6. The van der Waals surface area contributed by atoms with E-state index in [2.05, 4.69) is 31.0 Å². The molecular formula is C14H20N6S. The summed E-state index contributed by atoms with van der Waals surface area (Å²) in [6.07, 6.45) is 4.52. The molecular weight excluding hydrogens is 284 g/mol. The van der Waals surface area contributed by atoms with E-state index in [1.807, 2.05) is 6.20 Å². The summed E-state index contributed by atoms with van der Waals surface area (Å²) in [6, 6.07) is 2.23. The van der Waals surface area contributed by atoms with Crippen molar-refractivity contribution in [1.82, 2.24) is 20.1 Å². The lowest BCUT2D eigenvalue weighted by Crippen LogP contribution is -2.46. The Morgan fingerprint density at radius 1 is 1.29 bits per heavy atom. The normalized spacial score (nSPS) is 20.1. The number of thiazole rings is 1. The van der Waals surface area contributed by atoms with Crippen LogP contribution in [0.5, 0.6) is 0 Å². The van der Waals surface area contributed by atoms with Gasteiger partial charge in [0.05, 0.1) is 0 Å². The number of aromatic nitrogens is 3. The Kier molecular flexibility index (Phi) is 3.31. The predicted octanol–water partition coefficient (Wildman–Crippen LogP) is 1.65. The molecule has 1 saturated heterocycles. The number of nitrogen functional groups attached to an aromatic ring is 1. The van der Waals surface area contributed by atoms with Crippen LogP contribution in [0.15, 0.2) is 12.3 Å². The van der Waals surface area contributed by atoms with Crippen LogP contribution in [0.3, 0.4) is 0 Å². The largest absolute Gasteiger partial charge is 0.375 e. The molecule has 0 radical (unpaired) electrons. The van der Waals surface area contributed by atoms with Crippen LogP contribution >= 0.6 is 11.3 Å². The molecule has 0 bridgehead atoms. The number of nitrogens with one attached hydrogen (secondary N) is 1. The van der Waals surface area contributed by atoms with Gasteiger partial charge in [0, 0.05) is 61.5 Å². The summed E-state index contributed by atoms with van der Waals surface area (Å²) in [7, 11) is 0. The van der Waals surface area contributed by atoms with E-state index < -0.39 is 0 Å². The third-order valence-electron chi connectivity index (χ3n) is 4.25. The first-order valence-electron chi connectivity index (χ1n) is 7.51. The summed E-state index contributed by atoms with van der Waals surface area (Å²) in [5.41, 5.74) is 7.00. The second-order valence-electron chi connectivity index (χ2n) is 5.88. The van der Waals surface area contributed by atoms with Gasteiger partial charge in [-0.1, -0.05) is 0 Å². The Morgan fingerprint density at radius 3 is 2.76 bits per heavy atom. The van der Waals surface area contributed by atoms with E-state index in [1.54, 1.807) is 11.3 Å². The quantitative estimate of drug-likeness (QED) is 0.898. The Hall–Kier alpha value is -1.60. The Bertz CT molecular complexity index is 609. The maximum absolute atomic E-state index is 5.68. The number of aromatic amines is 1. The zero-order chi connectivity index (χ0) is 14.2. The molecule has 3 N–H and O–H groups in total. The van der Waals surface area contributed by atoms with E-state index >= 15 is 0 Å². The van der Waals surface area contributed by atoms with Gasteiger partial charge in [0.1, 0.15) is 0 Å². The molecule has 1 aliphatic carbocycles. The van der Waals surface area contributed by atoms with E-state index in [9.17, 15) is 0 Å². The van der Waals surface area contributed by atoms with Crippen molar-refractivity contribution in [2.24, 2.45) is 0 Å². The number of anilines is 2. The van der Waals surface area contributed by atoms with Crippen LogP contribution in [-0.2, 0) is 6.54 Å². The van der Waals surface area contributed by atoms with Crippen LogP contribution in [0.4, 0.5) is 10.9 Å². The van der Waals surface area contributed by atoms with Gasteiger partial charge < -0.3 is 10.6 Å². The maximum atomic E-state index is 5.68. The molecule has 0 atom stereocenters. The summed E-state index contributed by atoms with van der Waals surface area (Å²) >= 11 is 1.59. The van der Waals surface area contributed by atoms with E-state index in [1.165, 1.54) is 23.4 Å². The molecule has 2 aromatic rings. The van der Waals surface area contributed by atoms with E-state index in [-0.39, 0.29) is 0 Å². The molecule has 1 aliphatic heterocycles. The minimum atomic E-state index is 0.660. The van der Waals surface area contributed by atoms with Crippen LogP contribution in [0.2, 0.25) is 0 Å². The first-order chi connectivity index (χ1) is 10.3. The summed E-state index contributed by atoms with van der Waals surface area (Å²) < 4.78 is 0. The van der Waals surface area contributed by atoms with Gasteiger partial charge in [0.25, 0.3) is 0 Å². The summed E-state index contributed by atoms with van der Waals surface area (Å²) in [4.78, 5) is 10.2. The van der Waals surface area contributed by atoms with Gasteiger partial charge in [0.2, 0.25) is 0 Å². The van der Waals surface area contributed by atoms with Crippen molar-refractivity contribution in [3.8, 4) is 0 Å². The Morgan fingerprint density at radius 2 is 2.10 bits per heavy atom. The topological polar surface area (TPSA) is 74.1 Å². The molecule has 2 aliphatic rings. The van der Waals surface area contributed by atoms with Gasteiger partial charge in [-0.15, -0.1) is 11.3 Å². The summed E-state index contributed by atoms with van der Waals surface area (Å²) in [6.45, 7) is 5.13. The smallest absolute Gasteiger partial charge is 0.180 e. The monoisotopic (exact) mass is 304 g/mol. The third kappa shape index (κ3) is 2.89. The Balaban J connectivity index is 1.33. The van der Waals surface area contributed by atoms with Gasteiger partial charge in [0.15, 0.2) is 10.9 Å². The molecule has 4 rings (SSSR count). The van der Waals surface area contributed by atoms with Crippen molar-refractivity contribution in [1.29, 1.82) is 0 Å². The lowest BCUT2D eigenvalue weighted by atomic mass is 10.2. The molecule has 3 heterocycles. The van der Waals surface area contributed by atoms with Crippen LogP contribution < -0.4 is 10.6 Å². The van der Waals surface area contributed by atoms with Crippen molar-refractivity contribution >= 4 is 22.3 Å². The van der Waals surface area contributed by atoms with Gasteiger partial charge in [-0.2, -0.15) is 5.10 Å². The highest BCUT2D eigenvalue weighted by atomic mass is 32.1. The van der Waals surface area contributed by atoms with Gasteiger partial charge >= 0.3 is 0 Å². The predicted molar refractivity (Wildman–Crippen MR) is 84.6 cm³/mol. The number of piperazine rings is 1. The van der Waals surface area contributed by atoms with Crippen molar-refractivity contribution in [3.05, 3.63) is 22.8 Å². The zero-order valence-electron chi connectivity index (χ0n) is 12.0. The molecule has 112 valence electrons. The molecule has 0 amide bonds. The lowest BCUT2D eigenvalue weighted by molar-refractivity contribution is 0.251. The zero-order valence-corrected chi connectivity index (χ0v) is 12.8. The summed E-state index contributed by atoms with van der Waals surface area (Å²) in [5.74, 6) is 1.85. The van der Waals surface area contributed by atoms with Crippen LogP contribution in [-0.4, -0.2) is 46.3 Å². The fourth-order valence-corrected chi connectivity index (χ4v) is 3.57. The average Bonchev–Trinajstić information content (AvgIpc) is 3.09. The van der Waals surface area contributed by atoms with Crippen molar-refractivity contribution in [2.75, 3.05) is 36.8 Å². The number of rotatable bonds is 4. The highest BCUT2D eigenvalue weighted by molar-refractivity contribution is 7.15. The first kappa shape index (κ1) is 13.1. The SMILES string of the molecule is Nc1ncc(CN2CCN(c3cc(C4CC4)[nH]n3)CC2)s1. The highest BCUT2D eigenvalue weighted by Gasteiger charge is 2.27. The molecule has 7 heteroatoms. The second kappa shape index (κ2) is 5.31. The lowest BCUT2D eigenvalue weighted by Gasteiger charge is -2.34. The minimum Gasteiger partial charge on any atom is -0.375 e. The van der Waals surface area contributed by atoms with Crippen LogP contribution in [0.25, 0.3) is 0 Å². The Labute approximate surface area is 128 Å². The molecule has 0 spiro atoms. The molecule has 21 heavy (non-hydrogen) atoms. The number of nitrogens with zero attached hydrogens (tertiary/aromatic N) is 4. The highest BCUT2D eigenvalue weighted by Crippen LogP contribution is 2.39. The van der Waals surface area contributed by atoms with Gasteiger partial charge in [-0.3, -0.25) is 10.00 Å². The van der Waals surface area contributed by atoms with Crippen molar-refractivity contribution in [2.45, 2.75) is 25.3 Å². The van der Waals surface area contributed by atoms with Crippen molar-refractivity contribution < 1.29 is 0 Å². The molecule has 0 unspecified atom stereocenters. The van der Waals surface area contributed by atoms with Gasteiger partial charge in [-0.05, 0) is 12.8 Å². The van der Waals surface area contributed by atoms with E-state index in [4.69, 9.17) is 5.73 Å². The maximum Gasteiger partial charge on any atom is 0.180 e. The van der Waals surface area contributed by atoms with Crippen LogP contribution in [0, 0.1) is 0 Å². The molecule has 2 aromatic heterocycles. The average molecular weight is 304 g/mol. The first-order valence-corrected chi connectivity index (χ1v) is 8.32. The third-order valence-corrected chi connectivity index (χ3v) is 5.06. The van der Waals surface area contributed by atoms with Gasteiger partial charge in [-0.25, -0.2) is 4.98 Å². The standard InChI is InChI=1S/C14H20N6S/c15-14-16-8-11(21-14)9-19-3-5-20(6-4-19)13-7-12(17-18-13)10-1-2-10/h7-8,10H,1-6,9H2,(H2,15,16)(H,17,18). The van der Waals surface area contributed by atoms with E-state index in [0.29, 0.717) is 5.13 Å². The van der Waals surface area contributed by atoms with Crippen molar-refractivity contribution in [3.63, 3.8) is 0 Å². The molecule has 0 aromatic carbocycles. The minimum absolute atomic E-state index is 0.660. The molecule has 6 nitrogen and oxygen atoms in total. The number of nitrogens with two attached hydrogens (primary N) is 1. The fourth-order valence-electron chi connectivity index (χ4n) is 2.84. The fraction of sp³-hybridized carbons (Fsp3) is 0.571. The number of hydrogen-bond donors (Lipinski definition) is 2. The summed E-state index contributed by atoms with van der Waals surface area (Å²) in [5, 5.41) is 8.32. The molecule has 1 saturated carbocycles. The second-order valence-corrected chi connectivity index (χ2v) is 7.03. The van der Waals surface area contributed by atoms with E-state index in [0.717, 1.165) is 44.5 Å². The number of H-pyrrole nitrogens is 1. The molecule has 2 fully saturated rings.